The minimum absolute atomic E-state index is 0.168. The summed E-state index contributed by atoms with van der Waals surface area (Å²) in [5, 5.41) is -0.519. The molecule has 27 heavy (non-hydrogen) atoms. The fraction of sp³-hybridized carbons (Fsp3) is 0.381. The van der Waals surface area contributed by atoms with Crippen LogP contribution in [0.15, 0.2) is 48.5 Å². The molecule has 0 aromatic heterocycles. The van der Waals surface area contributed by atoms with E-state index in [0.29, 0.717) is 30.5 Å². The molecule has 1 atom stereocenters. The first-order valence-electron chi connectivity index (χ1n) is 9.19. The molecular weight excluding hydrogens is 365 g/mol. The van der Waals surface area contributed by atoms with Crippen molar-refractivity contribution in [1.29, 1.82) is 0 Å². The Bertz CT molecular complexity index is 926. The molecule has 1 saturated heterocycles. The van der Waals surface area contributed by atoms with Gasteiger partial charge in [0.25, 0.3) is 0 Å². The van der Waals surface area contributed by atoms with Crippen LogP contribution in [-0.2, 0) is 10.0 Å². The predicted molar refractivity (Wildman–Crippen MR) is 105 cm³/mol. The van der Waals surface area contributed by atoms with Crippen LogP contribution in [0, 0.1) is 11.7 Å². The summed E-state index contributed by atoms with van der Waals surface area (Å²) in [5.74, 6) is -1.08. The van der Waals surface area contributed by atoms with Gasteiger partial charge in [-0.3, -0.25) is 4.79 Å². The topological polar surface area (TPSA) is 54.5 Å². The third kappa shape index (κ3) is 4.12. The van der Waals surface area contributed by atoms with Gasteiger partial charge in [0, 0.05) is 30.1 Å². The number of halogens is 1. The summed E-state index contributed by atoms with van der Waals surface area (Å²) in [7, 11) is -3.39. The summed E-state index contributed by atoms with van der Waals surface area (Å²) in [4.78, 5) is 12.9. The number of Topliss-reactive ketones (excluding diaryl/α,β-unsaturated/α-hetero) is 1. The lowest BCUT2D eigenvalue weighted by atomic mass is 9.90. The van der Waals surface area contributed by atoms with Crippen LogP contribution in [0.2, 0.25) is 0 Å². The van der Waals surface area contributed by atoms with E-state index < -0.39 is 27.0 Å². The molecule has 0 amide bonds. The molecular formula is C21H24FNO3S. The average molecular weight is 389 g/mol. The van der Waals surface area contributed by atoms with Crippen molar-refractivity contribution in [3.8, 4) is 11.1 Å². The van der Waals surface area contributed by atoms with E-state index >= 15 is 0 Å². The molecule has 1 aliphatic rings. The third-order valence-electron chi connectivity index (χ3n) is 5.05. The zero-order valence-corrected chi connectivity index (χ0v) is 16.4. The molecule has 2 aromatic carbocycles. The van der Waals surface area contributed by atoms with Gasteiger partial charge in [-0.2, -0.15) is 0 Å². The Balaban J connectivity index is 1.81. The van der Waals surface area contributed by atoms with Crippen LogP contribution in [0.4, 0.5) is 4.39 Å². The number of ketones is 1. The highest BCUT2D eigenvalue weighted by Crippen LogP contribution is 2.27. The van der Waals surface area contributed by atoms with E-state index in [4.69, 9.17) is 0 Å². The summed E-state index contributed by atoms with van der Waals surface area (Å²) in [6.45, 7) is 3.88. The minimum Gasteiger partial charge on any atom is -0.294 e. The van der Waals surface area contributed by atoms with Gasteiger partial charge in [-0.1, -0.05) is 42.5 Å². The number of nitrogens with zero attached hydrogens (tertiary/aromatic N) is 1. The number of carbonyl (C=O) groups excluding carboxylic acids is 1. The molecule has 0 saturated carbocycles. The quantitative estimate of drug-likeness (QED) is 0.723. The second kappa shape index (κ2) is 7.90. The number of sulfonamides is 1. The van der Waals surface area contributed by atoms with Crippen molar-refractivity contribution < 1.29 is 17.6 Å². The third-order valence-corrected chi connectivity index (χ3v) is 7.29. The van der Waals surface area contributed by atoms with Gasteiger partial charge in [-0.05, 0) is 38.3 Å². The van der Waals surface area contributed by atoms with Gasteiger partial charge in [0.2, 0.25) is 10.0 Å². The van der Waals surface area contributed by atoms with Crippen LogP contribution >= 0.6 is 0 Å². The maximum atomic E-state index is 14.6. The van der Waals surface area contributed by atoms with Crippen molar-refractivity contribution in [2.45, 2.75) is 31.9 Å². The SMILES string of the molecule is CC(C)S(=O)(=O)N1CCCC(C(=O)c2ccc(-c3ccccc3)c(F)c2)C1. The number of hydrogen-bond donors (Lipinski definition) is 0. The molecule has 1 aliphatic heterocycles. The Morgan fingerprint density at radius 2 is 1.85 bits per heavy atom. The highest BCUT2D eigenvalue weighted by atomic mass is 32.2. The van der Waals surface area contributed by atoms with Crippen LogP contribution in [0.3, 0.4) is 0 Å². The zero-order valence-electron chi connectivity index (χ0n) is 15.6. The second-order valence-corrected chi connectivity index (χ2v) is 9.70. The fourth-order valence-corrected chi connectivity index (χ4v) is 4.81. The molecule has 4 nitrogen and oxygen atoms in total. The van der Waals surface area contributed by atoms with Crippen LogP contribution in [0.1, 0.15) is 37.0 Å². The Morgan fingerprint density at radius 1 is 1.15 bits per heavy atom. The molecule has 1 heterocycles. The van der Waals surface area contributed by atoms with E-state index in [1.54, 1.807) is 26.0 Å². The first-order chi connectivity index (χ1) is 12.8. The second-order valence-electron chi connectivity index (χ2n) is 7.22. The van der Waals surface area contributed by atoms with E-state index in [-0.39, 0.29) is 12.3 Å². The lowest BCUT2D eigenvalue weighted by Crippen LogP contribution is -2.45. The predicted octanol–water partition coefficient (Wildman–Crippen LogP) is 4.13. The number of rotatable bonds is 5. The summed E-state index contributed by atoms with van der Waals surface area (Å²) in [6, 6.07) is 13.7. The fourth-order valence-electron chi connectivity index (χ4n) is 3.44. The van der Waals surface area contributed by atoms with E-state index in [2.05, 4.69) is 0 Å². The lowest BCUT2D eigenvalue weighted by Gasteiger charge is -2.32. The van der Waals surface area contributed by atoms with Crippen LogP contribution in [0.5, 0.6) is 0 Å². The summed E-state index contributed by atoms with van der Waals surface area (Å²) < 4.78 is 40.8. The van der Waals surface area contributed by atoms with Gasteiger partial charge in [-0.25, -0.2) is 17.1 Å². The number of hydrogen-bond acceptors (Lipinski definition) is 3. The molecule has 2 aromatic rings. The zero-order chi connectivity index (χ0) is 19.6. The molecule has 3 rings (SSSR count). The molecule has 0 radical (unpaired) electrons. The van der Waals surface area contributed by atoms with Gasteiger partial charge in [0.1, 0.15) is 5.82 Å². The van der Waals surface area contributed by atoms with Crippen LogP contribution in [0.25, 0.3) is 11.1 Å². The van der Waals surface area contributed by atoms with E-state index in [1.165, 1.54) is 10.4 Å². The van der Waals surface area contributed by atoms with Crippen molar-refractivity contribution in [2.24, 2.45) is 5.92 Å². The van der Waals surface area contributed by atoms with Gasteiger partial charge < -0.3 is 0 Å². The number of carbonyl (C=O) groups is 1. The van der Waals surface area contributed by atoms with Crippen LogP contribution in [-0.4, -0.2) is 36.8 Å². The van der Waals surface area contributed by atoms with Crippen molar-refractivity contribution in [2.75, 3.05) is 13.1 Å². The van der Waals surface area contributed by atoms with Crippen molar-refractivity contribution in [3.05, 3.63) is 59.9 Å². The lowest BCUT2D eigenvalue weighted by molar-refractivity contribution is 0.0871. The standard InChI is InChI=1S/C21H24FNO3S/c1-15(2)27(25,26)23-12-6-9-18(14-23)21(24)17-10-11-19(20(22)13-17)16-7-4-3-5-8-16/h3-5,7-8,10-11,13,15,18H,6,9,12,14H2,1-2H3. The highest BCUT2D eigenvalue weighted by molar-refractivity contribution is 7.89. The van der Waals surface area contributed by atoms with Gasteiger partial charge in [-0.15, -0.1) is 0 Å². The molecule has 1 fully saturated rings. The van der Waals surface area contributed by atoms with Crippen molar-refractivity contribution >= 4 is 15.8 Å². The van der Waals surface area contributed by atoms with Crippen LogP contribution < -0.4 is 0 Å². The highest BCUT2D eigenvalue weighted by Gasteiger charge is 2.34. The summed E-state index contributed by atoms with van der Waals surface area (Å²) in [6.07, 6.45) is 1.25. The van der Waals surface area contributed by atoms with E-state index in [1.807, 2.05) is 30.3 Å². The maximum absolute atomic E-state index is 14.6. The Morgan fingerprint density at radius 3 is 2.48 bits per heavy atom. The minimum atomic E-state index is -3.39. The first kappa shape index (κ1) is 19.7. The Hall–Kier alpha value is -2.05. The molecule has 0 bridgehead atoms. The normalized spacial score (nSPS) is 18.6. The molecule has 1 unspecified atom stereocenters. The summed E-state index contributed by atoms with van der Waals surface area (Å²) in [5.41, 5.74) is 1.49. The monoisotopic (exact) mass is 389 g/mol. The average Bonchev–Trinajstić information content (AvgIpc) is 2.68. The molecule has 0 N–H and O–H groups in total. The van der Waals surface area contributed by atoms with E-state index in [0.717, 1.165) is 5.56 Å². The number of benzene rings is 2. The first-order valence-corrected chi connectivity index (χ1v) is 10.7. The molecule has 0 spiro atoms. The van der Waals surface area contributed by atoms with Gasteiger partial charge in [0.05, 0.1) is 5.25 Å². The van der Waals surface area contributed by atoms with Gasteiger partial charge >= 0.3 is 0 Å². The largest absolute Gasteiger partial charge is 0.294 e. The Kier molecular flexibility index (Phi) is 5.77. The molecule has 0 aliphatic carbocycles. The summed E-state index contributed by atoms with van der Waals surface area (Å²) >= 11 is 0. The maximum Gasteiger partial charge on any atom is 0.216 e. The van der Waals surface area contributed by atoms with Gasteiger partial charge in [0.15, 0.2) is 5.78 Å². The molecule has 144 valence electrons. The Labute approximate surface area is 160 Å². The van der Waals surface area contributed by atoms with Crippen molar-refractivity contribution in [1.82, 2.24) is 4.31 Å². The smallest absolute Gasteiger partial charge is 0.216 e. The number of piperidine rings is 1. The molecule has 6 heteroatoms. The van der Waals surface area contributed by atoms with Crippen molar-refractivity contribution in [3.63, 3.8) is 0 Å². The van der Waals surface area contributed by atoms with E-state index in [9.17, 15) is 17.6 Å².